The fourth-order valence-electron chi connectivity index (χ4n) is 3.05. The van der Waals surface area contributed by atoms with Gasteiger partial charge in [-0.25, -0.2) is 8.42 Å². The second-order valence-electron chi connectivity index (χ2n) is 7.75. The van der Waals surface area contributed by atoms with E-state index in [1.807, 2.05) is 19.0 Å². The summed E-state index contributed by atoms with van der Waals surface area (Å²) < 4.78 is 106. The Balaban J connectivity index is 2.41. The van der Waals surface area contributed by atoms with Gasteiger partial charge in [-0.2, -0.15) is 30.6 Å². The molecule has 184 valence electrons. The molecule has 2 rings (SSSR count). The van der Waals surface area contributed by atoms with Crippen LogP contribution in [0.2, 0.25) is 0 Å². The van der Waals surface area contributed by atoms with Crippen molar-refractivity contribution in [2.24, 2.45) is 0 Å². The highest BCUT2D eigenvalue weighted by molar-refractivity contribution is 7.89. The van der Waals surface area contributed by atoms with Crippen molar-refractivity contribution in [1.29, 1.82) is 0 Å². The minimum Gasteiger partial charge on any atom is -0.308 e. The lowest BCUT2D eigenvalue weighted by Gasteiger charge is -2.26. The van der Waals surface area contributed by atoms with Crippen LogP contribution in [0.4, 0.5) is 26.3 Å². The molecule has 0 fully saturated rings. The number of halogens is 6. The molecule has 0 aliphatic carbocycles. The molecule has 2 aromatic rings. The van der Waals surface area contributed by atoms with Crippen molar-refractivity contribution in [2.75, 3.05) is 40.8 Å². The molecule has 1 atom stereocenters. The highest BCUT2D eigenvalue weighted by Crippen LogP contribution is 2.37. The summed E-state index contributed by atoms with van der Waals surface area (Å²) in [5.74, 6) is 0. The third-order valence-corrected chi connectivity index (χ3v) is 6.66. The molecule has 0 heterocycles. The van der Waals surface area contributed by atoms with Gasteiger partial charge in [-0.1, -0.05) is 30.3 Å². The van der Waals surface area contributed by atoms with Crippen molar-refractivity contribution in [1.82, 2.24) is 14.5 Å². The number of alkyl halides is 6. The molecule has 0 saturated heterocycles. The van der Waals surface area contributed by atoms with Crippen LogP contribution >= 0.6 is 0 Å². The number of benzene rings is 2. The van der Waals surface area contributed by atoms with Crippen molar-refractivity contribution in [3.8, 4) is 0 Å². The van der Waals surface area contributed by atoms with Crippen LogP contribution in [0.5, 0.6) is 0 Å². The van der Waals surface area contributed by atoms with Crippen molar-refractivity contribution in [2.45, 2.75) is 23.3 Å². The van der Waals surface area contributed by atoms with E-state index >= 15 is 0 Å². The number of likely N-dealkylation sites (N-methyl/N-ethyl adjacent to an activating group) is 2. The average Bonchev–Trinajstić information content (AvgIpc) is 2.71. The van der Waals surface area contributed by atoms with E-state index < -0.39 is 44.4 Å². The highest BCUT2D eigenvalue weighted by Gasteiger charge is 2.39. The molecule has 0 bridgehead atoms. The van der Waals surface area contributed by atoms with Crippen molar-refractivity contribution < 1.29 is 34.8 Å². The van der Waals surface area contributed by atoms with Gasteiger partial charge in [-0.3, -0.25) is 0 Å². The van der Waals surface area contributed by atoms with Gasteiger partial charge in [0.1, 0.15) is 0 Å². The molecular formula is C21H25F6N3O2S. The first-order chi connectivity index (χ1) is 15.1. The SMILES string of the molecule is CN(C)CCN[C@H](CN(C)S(=O)(=O)c1cc(C(F)(F)F)cc(C(F)(F)F)c1)c1ccccc1. The zero-order valence-electron chi connectivity index (χ0n) is 18.2. The molecule has 0 unspecified atom stereocenters. The molecule has 12 heteroatoms. The molecule has 0 saturated carbocycles. The quantitative estimate of drug-likeness (QED) is 0.527. The second-order valence-corrected chi connectivity index (χ2v) is 9.79. The first-order valence-corrected chi connectivity index (χ1v) is 11.2. The number of hydrogen-bond donors (Lipinski definition) is 1. The van der Waals surface area contributed by atoms with Crippen LogP contribution in [0, 0.1) is 0 Å². The fraction of sp³-hybridized carbons (Fsp3) is 0.429. The molecule has 0 spiro atoms. The summed E-state index contributed by atoms with van der Waals surface area (Å²) in [7, 11) is 0.149. The van der Waals surface area contributed by atoms with Gasteiger partial charge < -0.3 is 10.2 Å². The number of nitrogens with one attached hydrogen (secondary N) is 1. The maximum Gasteiger partial charge on any atom is 0.416 e. The highest BCUT2D eigenvalue weighted by atomic mass is 32.2. The molecule has 0 aliphatic rings. The van der Waals surface area contributed by atoms with Gasteiger partial charge >= 0.3 is 12.4 Å². The number of hydrogen-bond acceptors (Lipinski definition) is 4. The molecule has 33 heavy (non-hydrogen) atoms. The van der Waals surface area contributed by atoms with Crippen LogP contribution < -0.4 is 5.32 Å². The number of nitrogens with zero attached hydrogens (tertiary/aromatic N) is 2. The summed E-state index contributed by atoms with van der Waals surface area (Å²) in [6.45, 7) is 0.891. The van der Waals surface area contributed by atoms with Gasteiger partial charge in [-0.15, -0.1) is 0 Å². The zero-order chi connectivity index (χ0) is 25.0. The van der Waals surface area contributed by atoms with E-state index in [0.29, 0.717) is 13.1 Å². The fourth-order valence-corrected chi connectivity index (χ4v) is 4.30. The first-order valence-electron chi connectivity index (χ1n) is 9.81. The summed E-state index contributed by atoms with van der Waals surface area (Å²) in [4.78, 5) is 0.823. The standard InChI is InChI=1S/C21H25F6N3O2S/c1-29(2)10-9-28-19(15-7-5-4-6-8-15)14-30(3)33(31,32)18-12-16(20(22,23)24)11-17(13-18)21(25,26)27/h4-8,11-13,19,28H,9-10,14H2,1-3H3/t19-/m1/s1. The maximum atomic E-state index is 13.2. The predicted molar refractivity (Wildman–Crippen MR) is 112 cm³/mol. The summed E-state index contributed by atoms with van der Waals surface area (Å²) in [5, 5.41) is 3.19. The molecule has 0 amide bonds. The van der Waals surface area contributed by atoms with E-state index in [0.717, 1.165) is 16.9 Å². The Labute approximate surface area is 189 Å². The normalized spacial score (nSPS) is 14.2. The summed E-state index contributed by atoms with van der Waals surface area (Å²) in [6, 6.07) is 8.55. The van der Waals surface area contributed by atoms with E-state index in [1.165, 1.54) is 0 Å². The first kappa shape index (κ1) is 27.1. The van der Waals surface area contributed by atoms with Gasteiger partial charge in [0, 0.05) is 32.7 Å². The molecular weight excluding hydrogens is 472 g/mol. The Hall–Kier alpha value is -2.15. The Morgan fingerprint density at radius 1 is 0.879 bits per heavy atom. The Morgan fingerprint density at radius 2 is 1.39 bits per heavy atom. The summed E-state index contributed by atoms with van der Waals surface area (Å²) in [6.07, 6.45) is -10.3. The molecule has 0 radical (unpaired) electrons. The van der Waals surface area contributed by atoms with Crippen LogP contribution in [-0.4, -0.2) is 58.4 Å². The molecule has 1 N–H and O–H groups in total. The molecule has 0 aromatic heterocycles. The minimum atomic E-state index is -5.15. The van der Waals surface area contributed by atoms with Crippen LogP contribution in [0.25, 0.3) is 0 Å². The number of rotatable bonds is 9. The van der Waals surface area contributed by atoms with Crippen molar-refractivity contribution >= 4 is 10.0 Å². The van der Waals surface area contributed by atoms with Crippen molar-refractivity contribution in [3.63, 3.8) is 0 Å². The zero-order valence-corrected chi connectivity index (χ0v) is 19.0. The lowest BCUT2D eigenvalue weighted by molar-refractivity contribution is -0.143. The third kappa shape index (κ3) is 7.42. The molecule has 0 aliphatic heterocycles. The monoisotopic (exact) mass is 497 g/mol. The van der Waals surface area contributed by atoms with Gasteiger partial charge in [0.25, 0.3) is 0 Å². The smallest absolute Gasteiger partial charge is 0.308 e. The van der Waals surface area contributed by atoms with E-state index in [2.05, 4.69) is 5.32 Å². The molecule has 5 nitrogen and oxygen atoms in total. The Kier molecular flexibility index (Phi) is 8.55. The van der Waals surface area contributed by atoms with E-state index in [1.54, 1.807) is 30.3 Å². The van der Waals surface area contributed by atoms with Crippen LogP contribution in [0.1, 0.15) is 22.7 Å². The van der Waals surface area contributed by atoms with Crippen LogP contribution in [0.3, 0.4) is 0 Å². The average molecular weight is 498 g/mol. The predicted octanol–water partition coefficient (Wildman–Crippen LogP) is 4.24. The van der Waals surface area contributed by atoms with E-state index in [-0.39, 0.29) is 24.7 Å². The number of sulfonamides is 1. The lowest BCUT2D eigenvalue weighted by Crippen LogP contribution is -2.38. The second kappa shape index (κ2) is 10.4. The maximum absolute atomic E-state index is 13.2. The third-order valence-electron chi connectivity index (χ3n) is 4.86. The minimum absolute atomic E-state index is 0.103. The topological polar surface area (TPSA) is 52.6 Å². The lowest BCUT2D eigenvalue weighted by atomic mass is 10.1. The van der Waals surface area contributed by atoms with Gasteiger partial charge in [0.15, 0.2) is 0 Å². The Bertz CT molecular complexity index is 992. The Morgan fingerprint density at radius 3 is 1.85 bits per heavy atom. The summed E-state index contributed by atoms with van der Waals surface area (Å²) >= 11 is 0. The van der Waals surface area contributed by atoms with Gasteiger partial charge in [0.2, 0.25) is 10.0 Å². The van der Waals surface area contributed by atoms with Crippen LogP contribution in [0.15, 0.2) is 53.4 Å². The summed E-state index contributed by atoms with van der Waals surface area (Å²) in [5.41, 5.74) is -2.65. The molecule has 2 aromatic carbocycles. The largest absolute Gasteiger partial charge is 0.416 e. The van der Waals surface area contributed by atoms with Gasteiger partial charge in [0.05, 0.1) is 16.0 Å². The van der Waals surface area contributed by atoms with Crippen molar-refractivity contribution in [3.05, 3.63) is 65.2 Å². The van der Waals surface area contributed by atoms with Gasteiger partial charge in [-0.05, 0) is 37.9 Å². The van der Waals surface area contributed by atoms with E-state index in [4.69, 9.17) is 0 Å². The van der Waals surface area contributed by atoms with Crippen LogP contribution in [-0.2, 0) is 22.4 Å². The van der Waals surface area contributed by atoms with E-state index in [9.17, 15) is 34.8 Å².